The van der Waals surface area contributed by atoms with Crippen molar-refractivity contribution in [3.63, 3.8) is 0 Å². The molecule has 122 valence electrons. The fourth-order valence-corrected chi connectivity index (χ4v) is 4.20. The van der Waals surface area contributed by atoms with Gasteiger partial charge in [0.15, 0.2) is 0 Å². The molecule has 0 saturated heterocycles. The Morgan fingerprint density at radius 1 is 1.22 bits per heavy atom. The fourth-order valence-electron chi connectivity index (χ4n) is 2.88. The molecule has 1 saturated carbocycles. The molecule has 1 amide bonds. The standard InChI is InChI=1S/C16H14F3NO2S/c17-16(18,19)15(22)20-13-10-6-2-4-8-12(10)23-14(13)9-5-1-3-7-11(9)21/h2,4,6,8-9H,1,3,5,7H2,(H,20,22). The highest BCUT2D eigenvalue weighted by Gasteiger charge is 2.40. The largest absolute Gasteiger partial charge is 0.471 e. The molecule has 0 bridgehead atoms. The Balaban J connectivity index is 2.08. The predicted octanol–water partition coefficient (Wildman–Crippen LogP) is 4.63. The lowest BCUT2D eigenvalue weighted by atomic mass is 9.86. The normalized spacial score (nSPS) is 19.1. The summed E-state index contributed by atoms with van der Waals surface area (Å²) in [6, 6.07) is 6.92. The summed E-state index contributed by atoms with van der Waals surface area (Å²) in [4.78, 5) is 24.1. The number of amides is 1. The Labute approximate surface area is 134 Å². The molecule has 1 aromatic carbocycles. The van der Waals surface area contributed by atoms with Gasteiger partial charge in [0.2, 0.25) is 0 Å². The van der Waals surface area contributed by atoms with Crippen LogP contribution in [0.4, 0.5) is 18.9 Å². The van der Waals surface area contributed by atoms with Gasteiger partial charge in [0.05, 0.1) is 11.6 Å². The summed E-state index contributed by atoms with van der Waals surface area (Å²) in [6.07, 6.45) is -2.25. The molecule has 0 radical (unpaired) electrons. The van der Waals surface area contributed by atoms with Crippen LogP contribution >= 0.6 is 11.3 Å². The van der Waals surface area contributed by atoms with Crippen LogP contribution in [0.2, 0.25) is 0 Å². The number of carbonyl (C=O) groups excluding carboxylic acids is 2. The van der Waals surface area contributed by atoms with Crippen LogP contribution in [0, 0.1) is 0 Å². The average Bonchev–Trinajstić information content (AvgIpc) is 2.85. The third kappa shape index (κ3) is 3.10. The van der Waals surface area contributed by atoms with Crippen molar-refractivity contribution in [3.8, 4) is 0 Å². The van der Waals surface area contributed by atoms with Gasteiger partial charge in [-0.2, -0.15) is 13.2 Å². The molecular weight excluding hydrogens is 327 g/mol. The summed E-state index contributed by atoms with van der Waals surface area (Å²) in [6.45, 7) is 0. The van der Waals surface area contributed by atoms with Crippen LogP contribution in [0.1, 0.15) is 36.5 Å². The molecule has 3 rings (SSSR count). The van der Waals surface area contributed by atoms with Gasteiger partial charge in [-0.05, 0) is 18.9 Å². The molecule has 1 fully saturated rings. The summed E-state index contributed by atoms with van der Waals surface area (Å²) in [5, 5.41) is 2.53. The molecule has 1 unspecified atom stereocenters. The van der Waals surface area contributed by atoms with E-state index in [1.807, 2.05) is 5.32 Å². The second-order valence-corrected chi connectivity index (χ2v) is 6.64. The molecular formula is C16H14F3NO2S. The van der Waals surface area contributed by atoms with E-state index in [1.165, 1.54) is 11.3 Å². The number of Topliss-reactive ketones (excluding diaryl/α,β-unsaturated/α-hetero) is 1. The molecule has 2 aromatic rings. The smallest absolute Gasteiger partial charge is 0.317 e. The van der Waals surface area contributed by atoms with Gasteiger partial charge >= 0.3 is 12.1 Å². The zero-order chi connectivity index (χ0) is 16.6. The molecule has 1 aliphatic carbocycles. The Bertz CT molecular complexity index is 766. The quantitative estimate of drug-likeness (QED) is 0.866. The number of hydrogen-bond donors (Lipinski definition) is 1. The number of carbonyl (C=O) groups is 2. The molecule has 1 heterocycles. The first-order chi connectivity index (χ1) is 10.9. The molecule has 7 heteroatoms. The monoisotopic (exact) mass is 341 g/mol. The molecule has 1 aromatic heterocycles. The minimum absolute atomic E-state index is 0.0327. The van der Waals surface area contributed by atoms with Crippen LogP contribution in [-0.2, 0) is 9.59 Å². The van der Waals surface area contributed by atoms with Gasteiger partial charge in [0.1, 0.15) is 5.78 Å². The Kier molecular flexibility index (Phi) is 4.14. The van der Waals surface area contributed by atoms with Gasteiger partial charge in [-0.15, -0.1) is 11.3 Å². The highest BCUT2D eigenvalue weighted by molar-refractivity contribution is 7.20. The van der Waals surface area contributed by atoms with Gasteiger partial charge in [-0.25, -0.2) is 0 Å². The molecule has 0 aliphatic heterocycles. The Morgan fingerprint density at radius 3 is 2.65 bits per heavy atom. The maximum Gasteiger partial charge on any atom is 0.471 e. The van der Waals surface area contributed by atoms with Crippen molar-refractivity contribution in [1.29, 1.82) is 0 Å². The highest BCUT2D eigenvalue weighted by atomic mass is 32.1. The first kappa shape index (κ1) is 16.0. The van der Waals surface area contributed by atoms with Gasteiger partial charge in [0, 0.05) is 21.4 Å². The number of fused-ring (bicyclic) bond motifs is 1. The van der Waals surface area contributed by atoms with E-state index >= 15 is 0 Å². The van der Waals surface area contributed by atoms with E-state index in [0.29, 0.717) is 23.1 Å². The van der Waals surface area contributed by atoms with Crippen molar-refractivity contribution in [2.24, 2.45) is 0 Å². The zero-order valence-corrected chi connectivity index (χ0v) is 12.9. The van der Waals surface area contributed by atoms with Gasteiger partial charge < -0.3 is 5.32 Å². The number of ketones is 1. The SMILES string of the molecule is O=C1CCCCC1c1sc2ccccc2c1NC(=O)C(F)(F)F. The first-order valence-corrected chi connectivity index (χ1v) is 8.12. The third-order valence-corrected chi connectivity index (χ3v) is 5.27. The van der Waals surface area contributed by atoms with Crippen molar-refractivity contribution in [3.05, 3.63) is 29.1 Å². The number of nitrogens with one attached hydrogen (secondary N) is 1. The number of halogens is 3. The van der Waals surface area contributed by atoms with Crippen LogP contribution in [-0.4, -0.2) is 17.9 Å². The minimum Gasteiger partial charge on any atom is -0.317 e. The number of benzene rings is 1. The van der Waals surface area contributed by atoms with Gasteiger partial charge in [-0.1, -0.05) is 24.6 Å². The van der Waals surface area contributed by atoms with Gasteiger partial charge in [0.25, 0.3) is 0 Å². The molecule has 23 heavy (non-hydrogen) atoms. The van der Waals surface area contributed by atoms with E-state index in [9.17, 15) is 22.8 Å². The first-order valence-electron chi connectivity index (χ1n) is 7.30. The topological polar surface area (TPSA) is 46.2 Å². The lowest BCUT2D eigenvalue weighted by molar-refractivity contribution is -0.167. The summed E-state index contributed by atoms with van der Waals surface area (Å²) in [7, 11) is 0. The highest BCUT2D eigenvalue weighted by Crippen LogP contribution is 2.44. The Morgan fingerprint density at radius 2 is 1.96 bits per heavy atom. The summed E-state index contributed by atoms with van der Waals surface area (Å²) >= 11 is 1.28. The summed E-state index contributed by atoms with van der Waals surface area (Å²) in [5.41, 5.74) is 0.133. The lowest BCUT2D eigenvalue weighted by Gasteiger charge is -2.21. The van der Waals surface area contributed by atoms with Crippen molar-refractivity contribution in [2.45, 2.75) is 37.8 Å². The van der Waals surface area contributed by atoms with Crippen molar-refractivity contribution in [2.75, 3.05) is 5.32 Å². The fraction of sp³-hybridized carbons (Fsp3) is 0.375. The lowest BCUT2D eigenvalue weighted by Crippen LogP contribution is -2.30. The van der Waals surface area contributed by atoms with Crippen LogP contribution in [0.15, 0.2) is 24.3 Å². The van der Waals surface area contributed by atoms with Crippen molar-refractivity contribution >= 4 is 38.8 Å². The molecule has 1 atom stereocenters. The maximum absolute atomic E-state index is 12.6. The predicted molar refractivity (Wildman–Crippen MR) is 82.7 cm³/mol. The molecule has 3 nitrogen and oxygen atoms in total. The van der Waals surface area contributed by atoms with Crippen LogP contribution in [0.3, 0.4) is 0 Å². The van der Waals surface area contributed by atoms with E-state index in [1.54, 1.807) is 24.3 Å². The van der Waals surface area contributed by atoms with Crippen LogP contribution in [0.5, 0.6) is 0 Å². The number of anilines is 1. The van der Waals surface area contributed by atoms with Crippen LogP contribution in [0.25, 0.3) is 10.1 Å². The molecule has 1 N–H and O–H groups in total. The number of thiophene rings is 1. The maximum atomic E-state index is 12.6. The molecule has 1 aliphatic rings. The van der Waals surface area contributed by atoms with E-state index in [2.05, 4.69) is 0 Å². The van der Waals surface area contributed by atoms with E-state index in [-0.39, 0.29) is 11.5 Å². The third-order valence-electron chi connectivity index (χ3n) is 3.99. The summed E-state index contributed by atoms with van der Waals surface area (Å²) < 4.78 is 38.6. The zero-order valence-electron chi connectivity index (χ0n) is 12.1. The molecule has 0 spiro atoms. The minimum atomic E-state index is -4.96. The number of alkyl halides is 3. The van der Waals surface area contributed by atoms with Gasteiger partial charge in [-0.3, -0.25) is 9.59 Å². The van der Waals surface area contributed by atoms with Crippen LogP contribution < -0.4 is 5.32 Å². The summed E-state index contributed by atoms with van der Waals surface area (Å²) in [5.74, 6) is -2.40. The van der Waals surface area contributed by atoms with E-state index in [4.69, 9.17) is 0 Å². The van der Waals surface area contributed by atoms with E-state index in [0.717, 1.165) is 17.5 Å². The Hall–Kier alpha value is -1.89. The number of rotatable bonds is 2. The average molecular weight is 341 g/mol. The van der Waals surface area contributed by atoms with Crippen molar-refractivity contribution in [1.82, 2.24) is 0 Å². The second kappa shape index (κ2) is 5.96. The number of hydrogen-bond acceptors (Lipinski definition) is 3. The van der Waals surface area contributed by atoms with Crippen molar-refractivity contribution < 1.29 is 22.8 Å². The van der Waals surface area contributed by atoms with E-state index < -0.39 is 18.0 Å². The second-order valence-electron chi connectivity index (χ2n) is 5.55.